The molecule has 0 spiro atoms. The highest BCUT2D eigenvalue weighted by Gasteiger charge is 2.38. The smallest absolute Gasteiger partial charge is 0.341 e. The number of carbonyl (C=O) groups is 1. The quantitative estimate of drug-likeness (QED) is 0.830. The predicted octanol–water partition coefficient (Wildman–Crippen LogP) is 2.59. The van der Waals surface area contributed by atoms with Crippen LogP contribution in [0.1, 0.15) is 41.8 Å². The van der Waals surface area contributed by atoms with E-state index in [1.165, 1.54) is 39.1 Å². The molecule has 0 aromatic carbocycles. The molecule has 2 aliphatic carbocycles. The van der Waals surface area contributed by atoms with Crippen LogP contribution >= 0.6 is 0 Å². The van der Waals surface area contributed by atoms with Gasteiger partial charge in [0.15, 0.2) is 0 Å². The van der Waals surface area contributed by atoms with Crippen LogP contribution in [-0.4, -0.2) is 19.6 Å². The Balaban J connectivity index is 1.45. The zero-order valence-corrected chi connectivity index (χ0v) is 11.4. The first-order chi connectivity index (χ1) is 9.26. The van der Waals surface area contributed by atoms with Crippen molar-refractivity contribution in [2.24, 2.45) is 17.8 Å². The molecule has 0 aliphatic heterocycles. The highest BCUT2D eigenvalue weighted by Crippen LogP contribution is 2.47. The lowest BCUT2D eigenvalue weighted by atomic mass is 9.89. The van der Waals surface area contributed by atoms with Crippen LogP contribution in [0.15, 0.2) is 16.7 Å². The van der Waals surface area contributed by atoms with Crippen LogP contribution < -0.4 is 5.32 Å². The number of methoxy groups -OCH3 is 1. The number of ether oxygens (including phenoxy) is 1. The Labute approximate surface area is 113 Å². The van der Waals surface area contributed by atoms with Gasteiger partial charge >= 0.3 is 5.97 Å². The molecular weight excluding hydrogens is 242 g/mol. The van der Waals surface area contributed by atoms with E-state index in [0.717, 1.165) is 30.1 Å². The summed E-state index contributed by atoms with van der Waals surface area (Å²) in [4.78, 5) is 11.3. The lowest BCUT2D eigenvalue weighted by Crippen LogP contribution is -2.26. The number of furan rings is 1. The Bertz CT molecular complexity index is 454. The molecule has 3 rings (SSSR count). The molecule has 1 heterocycles. The number of nitrogens with one attached hydrogen (secondary N) is 1. The minimum atomic E-state index is -0.344. The van der Waals surface area contributed by atoms with Gasteiger partial charge in [-0.25, -0.2) is 4.79 Å². The van der Waals surface area contributed by atoms with E-state index in [0.29, 0.717) is 12.1 Å². The van der Waals surface area contributed by atoms with Crippen LogP contribution in [0, 0.1) is 17.8 Å². The third kappa shape index (κ3) is 2.68. The number of hydrogen-bond donors (Lipinski definition) is 1. The van der Waals surface area contributed by atoms with Gasteiger partial charge in [-0.1, -0.05) is 6.42 Å². The molecule has 1 aromatic heterocycles. The number of hydrogen-bond acceptors (Lipinski definition) is 4. The van der Waals surface area contributed by atoms with Gasteiger partial charge in [-0.05, 0) is 49.6 Å². The van der Waals surface area contributed by atoms with E-state index in [-0.39, 0.29) is 5.97 Å². The van der Waals surface area contributed by atoms with E-state index < -0.39 is 0 Å². The molecule has 2 saturated carbocycles. The van der Waals surface area contributed by atoms with Gasteiger partial charge in [-0.2, -0.15) is 0 Å². The molecule has 3 atom stereocenters. The number of esters is 1. The standard InChI is InChI=1S/C15H21NO3/c1-18-15(17)13-6-14(19-9-13)8-16-7-12-5-10-2-3-11(12)4-10/h6,9-12,16H,2-5,7-8H2,1H3. The van der Waals surface area contributed by atoms with E-state index in [1.54, 1.807) is 6.07 Å². The monoisotopic (exact) mass is 263 g/mol. The Hall–Kier alpha value is -1.29. The van der Waals surface area contributed by atoms with Crippen LogP contribution in [-0.2, 0) is 11.3 Å². The zero-order chi connectivity index (χ0) is 13.2. The zero-order valence-electron chi connectivity index (χ0n) is 11.4. The first-order valence-corrected chi connectivity index (χ1v) is 7.12. The summed E-state index contributed by atoms with van der Waals surface area (Å²) < 4.78 is 10.0. The minimum Gasteiger partial charge on any atom is -0.467 e. The number of carbonyl (C=O) groups excluding carboxylic acids is 1. The second-order valence-corrected chi connectivity index (χ2v) is 5.86. The molecular formula is C15H21NO3. The summed E-state index contributed by atoms with van der Waals surface area (Å²) in [5, 5.41) is 3.45. The predicted molar refractivity (Wildman–Crippen MR) is 70.7 cm³/mol. The number of fused-ring (bicyclic) bond motifs is 2. The molecule has 3 unspecified atom stereocenters. The summed E-state index contributed by atoms with van der Waals surface area (Å²) >= 11 is 0. The SMILES string of the molecule is COC(=O)c1coc(CNCC2CC3CCC2C3)c1. The van der Waals surface area contributed by atoms with Crippen molar-refractivity contribution in [3.63, 3.8) is 0 Å². The average Bonchev–Trinajstić information content (AvgIpc) is 3.13. The Kier molecular flexibility index (Phi) is 3.60. The summed E-state index contributed by atoms with van der Waals surface area (Å²) in [7, 11) is 1.38. The molecule has 0 amide bonds. The fourth-order valence-electron chi connectivity index (χ4n) is 3.71. The van der Waals surface area contributed by atoms with Crippen molar-refractivity contribution in [3.05, 3.63) is 23.7 Å². The first-order valence-electron chi connectivity index (χ1n) is 7.12. The molecule has 1 N–H and O–H groups in total. The normalized spacial score (nSPS) is 28.8. The van der Waals surface area contributed by atoms with Crippen molar-refractivity contribution >= 4 is 5.97 Å². The average molecular weight is 263 g/mol. The molecule has 104 valence electrons. The van der Waals surface area contributed by atoms with Gasteiger partial charge in [0.05, 0.1) is 19.2 Å². The summed E-state index contributed by atoms with van der Waals surface area (Å²) in [6.45, 7) is 1.75. The first kappa shape index (κ1) is 12.7. The van der Waals surface area contributed by atoms with E-state index in [1.807, 2.05) is 0 Å². The van der Waals surface area contributed by atoms with Gasteiger partial charge in [0, 0.05) is 0 Å². The highest BCUT2D eigenvalue weighted by atomic mass is 16.5. The van der Waals surface area contributed by atoms with Crippen LogP contribution in [0.25, 0.3) is 0 Å². The van der Waals surface area contributed by atoms with Crippen molar-refractivity contribution in [3.8, 4) is 0 Å². The molecule has 1 aromatic rings. The van der Waals surface area contributed by atoms with Gasteiger partial charge in [0.25, 0.3) is 0 Å². The second-order valence-electron chi connectivity index (χ2n) is 5.86. The van der Waals surface area contributed by atoms with Crippen molar-refractivity contribution in [2.45, 2.75) is 32.2 Å². The van der Waals surface area contributed by atoms with Gasteiger partial charge in [0.1, 0.15) is 12.0 Å². The van der Waals surface area contributed by atoms with Gasteiger partial charge in [-0.15, -0.1) is 0 Å². The van der Waals surface area contributed by atoms with Crippen LogP contribution in [0.3, 0.4) is 0 Å². The Morgan fingerprint density at radius 2 is 2.37 bits per heavy atom. The third-order valence-corrected chi connectivity index (χ3v) is 4.67. The topological polar surface area (TPSA) is 51.5 Å². The maximum atomic E-state index is 11.3. The van der Waals surface area contributed by atoms with E-state index in [4.69, 9.17) is 4.42 Å². The molecule has 0 radical (unpaired) electrons. The second kappa shape index (κ2) is 5.37. The van der Waals surface area contributed by atoms with E-state index in [2.05, 4.69) is 10.1 Å². The third-order valence-electron chi connectivity index (χ3n) is 4.67. The largest absolute Gasteiger partial charge is 0.467 e. The van der Waals surface area contributed by atoms with Crippen molar-refractivity contribution in [1.82, 2.24) is 5.32 Å². The van der Waals surface area contributed by atoms with E-state index >= 15 is 0 Å². The van der Waals surface area contributed by atoms with E-state index in [9.17, 15) is 4.79 Å². The maximum Gasteiger partial charge on any atom is 0.341 e. The van der Waals surface area contributed by atoms with Crippen LogP contribution in [0.2, 0.25) is 0 Å². The summed E-state index contributed by atoms with van der Waals surface area (Å²) in [5.41, 5.74) is 0.485. The molecule has 0 saturated heterocycles. The van der Waals surface area contributed by atoms with Crippen LogP contribution in [0.4, 0.5) is 0 Å². The highest BCUT2D eigenvalue weighted by molar-refractivity contribution is 5.88. The lowest BCUT2D eigenvalue weighted by molar-refractivity contribution is 0.0600. The molecule has 2 fully saturated rings. The Morgan fingerprint density at radius 3 is 3.05 bits per heavy atom. The minimum absolute atomic E-state index is 0.344. The van der Waals surface area contributed by atoms with Crippen LogP contribution in [0.5, 0.6) is 0 Å². The summed E-state index contributed by atoms with van der Waals surface area (Å²) in [5.74, 6) is 3.23. The van der Waals surface area contributed by atoms with Gasteiger partial charge in [0.2, 0.25) is 0 Å². The summed E-state index contributed by atoms with van der Waals surface area (Å²) in [6.07, 6.45) is 7.16. The van der Waals surface area contributed by atoms with Crippen molar-refractivity contribution in [2.75, 3.05) is 13.7 Å². The maximum absolute atomic E-state index is 11.3. The molecule has 4 nitrogen and oxygen atoms in total. The Morgan fingerprint density at radius 1 is 1.47 bits per heavy atom. The van der Waals surface area contributed by atoms with Crippen molar-refractivity contribution in [1.29, 1.82) is 0 Å². The molecule has 2 bridgehead atoms. The van der Waals surface area contributed by atoms with Gasteiger partial charge in [-0.3, -0.25) is 0 Å². The summed E-state index contributed by atoms with van der Waals surface area (Å²) in [6, 6.07) is 1.75. The molecule has 2 aliphatic rings. The fraction of sp³-hybridized carbons (Fsp3) is 0.667. The van der Waals surface area contributed by atoms with Crippen molar-refractivity contribution < 1.29 is 13.9 Å². The number of rotatable bonds is 5. The fourth-order valence-corrected chi connectivity index (χ4v) is 3.71. The molecule has 19 heavy (non-hydrogen) atoms. The lowest BCUT2D eigenvalue weighted by Gasteiger charge is -2.21. The van der Waals surface area contributed by atoms with Gasteiger partial charge < -0.3 is 14.5 Å². The molecule has 4 heteroatoms.